The molecule has 5 rings (SSSR count). The summed E-state index contributed by atoms with van der Waals surface area (Å²) >= 11 is 19.5. The van der Waals surface area contributed by atoms with Crippen molar-refractivity contribution >= 4 is 93.2 Å². The van der Waals surface area contributed by atoms with Crippen LogP contribution in [0.1, 0.15) is 63.8 Å². The Labute approximate surface area is 450 Å². The molecule has 0 unspecified atom stereocenters. The summed E-state index contributed by atoms with van der Waals surface area (Å²) in [6.45, 7) is 32.6. The fraction of sp³-hybridized carbons (Fsp3) is 0.481. The lowest BCUT2D eigenvalue weighted by Gasteiger charge is -2.36. The lowest BCUT2D eigenvalue weighted by molar-refractivity contribution is -0.163. The SMILES string of the molecule is C=CCOC[C@H](COS(=O)(=O)c1ccc(C)cc1)Oc1c(Cl)c(C)c(-c2c(Br)sc3ncnc(O[C@H](Cc4cc(O[Si](C)(C)C(C)(C)C)ccc4OCOCC[Si](C)(C)C)C(=O)OC(C)(C)C)c23)c(C)c1Cl. The average Bonchev–Trinajstić information content (AvgIpc) is 3.61. The van der Waals surface area contributed by atoms with Gasteiger partial charge < -0.3 is 32.8 Å². The first-order valence-electron chi connectivity index (χ1n) is 23.6. The van der Waals surface area contributed by atoms with Gasteiger partial charge in [0.15, 0.2) is 12.5 Å². The van der Waals surface area contributed by atoms with E-state index in [0.29, 0.717) is 59.9 Å². The van der Waals surface area contributed by atoms with Crippen LogP contribution in [0.3, 0.4) is 0 Å². The largest absolute Gasteiger partial charge is 0.543 e. The van der Waals surface area contributed by atoms with Gasteiger partial charge in [0.2, 0.25) is 20.3 Å². The number of nitrogens with zero attached hydrogens (tertiary/aromatic N) is 2. The summed E-state index contributed by atoms with van der Waals surface area (Å²) in [5.41, 5.74) is 3.05. The highest BCUT2D eigenvalue weighted by Crippen LogP contribution is 2.52. The average molecular weight is 1170 g/mol. The molecule has 3 aromatic carbocycles. The van der Waals surface area contributed by atoms with Gasteiger partial charge in [-0.15, -0.1) is 17.9 Å². The Morgan fingerprint density at radius 2 is 1.54 bits per heavy atom. The summed E-state index contributed by atoms with van der Waals surface area (Å²) in [5, 5.41) is 0.723. The number of rotatable bonds is 24. The molecule has 394 valence electrons. The number of ether oxygens (including phenoxy) is 6. The first-order valence-corrected chi connectivity index (χ1v) is 34.0. The summed E-state index contributed by atoms with van der Waals surface area (Å²) < 4.78 is 76.4. The van der Waals surface area contributed by atoms with Crippen LogP contribution in [0.2, 0.25) is 53.9 Å². The molecule has 0 saturated carbocycles. The number of carbonyl (C=O) groups excluding carboxylic acids is 1. The highest BCUT2D eigenvalue weighted by atomic mass is 79.9. The monoisotopic (exact) mass is 1170 g/mol. The second-order valence-electron chi connectivity index (χ2n) is 21.3. The summed E-state index contributed by atoms with van der Waals surface area (Å²) in [4.78, 5) is 24.2. The van der Waals surface area contributed by atoms with Gasteiger partial charge in [0.1, 0.15) is 41.0 Å². The summed E-state index contributed by atoms with van der Waals surface area (Å²) in [6.07, 6.45) is 0.740. The Balaban J connectivity index is 1.57. The van der Waals surface area contributed by atoms with E-state index < -0.39 is 56.9 Å². The zero-order valence-corrected chi connectivity index (χ0v) is 50.6. The van der Waals surface area contributed by atoms with Crippen molar-refractivity contribution in [2.45, 2.75) is 135 Å². The topological polar surface area (TPSA) is 151 Å². The van der Waals surface area contributed by atoms with Crippen molar-refractivity contribution in [2.75, 3.05) is 33.2 Å². The molecule has 0 spiro atoms. The third-order valence-corrected chi connectivity index (χ3v) is 21.9. The van der Waals surface area contributed by atoms with E-state index in [1.807, 2.05) is 39.0 Å². The van der Waals surface area contributed by atoms with Gasteiger partial charge in [-0.2, -0.15) is 8.42 Å². The molecule has 0 radical (unpaired) electrons. The molecule has 0 bridgehead atoms. The minimum atomic E-state index is -4.16. The molecule has 2 atom stereocenters. The van der Waals surface area contributed by atoms with Crippen LogP contribution < -0.4 is 18.6 Å². The zero-order valence-electron chi connectivity index (χ0n) is 43.8. The molecule has 0 saturated heterocycles. The van der Waals surface area contributed by atoms with E-state index in [2.05, 4.69) is 86.0 Å². The molecule has 5 aromatic rings. The van der Waals surface area contributed by atoms with Gasteiger partial charge >= 0.3 is 5.97 Å². The molecule has 0 amide bonds. The maximum atomic E-state index is 14.4. The van der Waals surface area contributed by atoms with Gasteiger partial charge in [0, 0.05) is 32.2 Å². The highest BCUT2D eigenvalue weighted by molar-refractivity contribution is 9.11. The fourth-order valence-electron chi connectivity index (χ4n) is 6.90. The first kappa shape index (κ1) is 59.3. The van der Waals surface area contributed by atoms with E-state index in [0.717, 1.165) is 11.6 Å². The minimum Gasteiger partial charge on any atom is -0.543 e. The lowest BCUT2D eigenvalue weighted by Crippen LogP contribution is -2.43. The number of benzene rings is 3. The lowest BCUT2D eigenvalue weighted by atomic mass is 9.95. The molecule has 0 aliphatic carbocycles. The maximum Gasteiger partial charge on any atom is 0.348 e. The molecule has 13 nitrogen and oxygen atoms in total. The van der Waals surface area contributed by atoms with Gasteiger partial charge in [-0.3, -0.25) is 4.18 Å². The number of halogens is 3. The van der Waals surface area contributed by atoms with Gasteiger partial charge in [0.05, 0.1) is 37.3 Å². The molecule has 0 N–H and O–H groups in total. The summed E-state index contributed by atoms with van der Waals surface area (Å²) in [6, 6.07) is 12.9. The van der Waals surface area contributed by atoms with Crippen molar-refractivity contribution in [2.24, 2.45) is 0 Å². The zero-order chi connectivity index (χ0) is 53.6. The smallest absolute Gasteiger partial charge is 0.348 e. The van der Waals surface area contributed by atoms with Gasteiger partial charge in [-0.05, 0) is 129 Å². The fourth-order valence-corrected chi connectivity index (χ4v) is 11.9. The van der Waals surface area contributed by atoms with Crippen LogP contribution >= 0.6 is 50.5 Å². The van der Waals surface area contributed by atoms with Crippen molar-refractivity contribution in [1.29, 1.82) is 0 Å². The van der Waals surface area contributed by atoms with Crippen LogP contribution in [0.4, 0.5) is 0 Å². The molecule has 20 heteroatoms. The van der Waals surface area contributed by atoms with Crippen LogP contribution in [0.5, 0.6) is 23.1 Å². The Bertz CT molecular complexity index is 2800. The van der Waals surface area contributed by atoms with Gasteiger partial charge in [-0.25, -0.2) is 14.8 Å². The maximum absolute atomic E-state index is 14.4. The van der Waals surface area contributed by atoms with Crippen LogP contribution in [0, 0.1) is 20.8 Å². The summed E-state index contributed by atoms with van der Waals surface area (Å²) in [5.74, 6) is 0.730. The van der Waals surface area contributed by atoms with E-state index >= 15 is 0 Å². The predicted molar refractivity (Wildman–Crippen MR) is 298 cm³/mol. The number of aryl methyl sites for hydroxylation is 1. The van der Waals surface area contributed by atoms with E-state index in [1.165, 1.54) is 29.8 Å². The Morgan fingerprint density at radius 3 is 2.14 bits per heavy atom. The predicted octanol–water partition coefficient (Wildman–Crippen LogP) is 14.1. The molecule has 72 heavy (non-hydrogen) atoms. The van der Waals surface area contributed by atoms with E-state index in [-0.39, 0.29) is 58.0 Å². The number of carbonyl (C=O) groups is 1. The quantitative estimate of drug-likeness (QED) is 0.0144. The molecule has 2 heterocycles. The van der Waals surface area contributed by atoms with Crippen molar-refractivity contribution in [3.8, 4) is 34.3 Å². The van der Waals surface area contributed by atoms with E-state index in [4.69, 9.17) is 60.2 Å². The van der Waals surface area contributed by atoms with Crippen LogP contribution in [-0.4, -0.2) is 91.8 Å². The van der Waals surface area contributed by atoms with E-state index in [1.54, 1.807) is 39.0 Å². The highest BCUT2D eigenvalue weighted by Gasteiger charge is 2.39. The van der Waals surface area contributed by atoms with Gasteiger partial charge in [0.25, 0.3) is 10.1 Å². The Morgan fingerprint density at radius 1 is 0.889 bits per heavy atom. The standard InChI is InChI=1S/C52H69BrCl2N2O11S2Si2/c1-16-23-61-28-37(29-64-70(59,60)38-20-17-32(2)18-21-38)65-46-44(54)33(3)41(34(4)45(46)55)42-43-48(56-30-57-49(43)69-47(42)53)66-40(50(58)67-51(5,6)7)27-35-26-36(68-72(14,15)52(8,9)10)19-22-39(35)63-31-62-24-25-71(11,12)13/h16-22,26,30,37,40H,1,23-25,27-29,31H2,2-15H3/t37-,40-/m1/s1. The molecule has 2 aromatic heterocycles. The second kappa shape index (κ2) is 24.4. The molecule has 0 fully saturated rings. The molecule has 0 aliphatic heterocycles. The number of fused-ring (bicyclic) bond motifs is 1. The molecular weight excluding hydrogens is 1100 g/mol. The van der Waals surface area contributed by atoms with Crippen molar-refractivity contribution in [1.82, 2.24) is 9.97 Å². The first-order chi connectivity index (χ1) is 33.4. The third-order valence-electron chi connectivity index (χ3n) is 11.8. The number of thiophene rings is 1. The van der Waals surface area contributed by atoms with E-state index in [9.17, 15) is 13.2 Å². The third kappa shape index (κ3) is 15.7. The minimum absolute atomic E-state index is 0.00225. The Kier molecular flexibility index (Phi) is 20.1. The number of hydrogen-bond donors (Lipinski definition) is 0. The Hall–Kier alpha value is -3.57. The normalized spacial score (nSPS) is 13.5. The van der Waals surface area contributed by atoms with Crippen molar-refractivity contribution < 1.29 is 50.2 Å². The van der Waals surface area contributed by atoms with Crippen LogP contribution in [0.15, 0.2) is 70.1 Å². The van der Waals surface area contributed by atoms with Crippen LogP contribution in [-0.2, 0) is 39.7 Å². The number of aromatic nitrogens is 2. The summed E-state index contributed by atoms with van der Waals surface area (Å²) in [7, 11) is -7.79. The molecular formula is C52H69BrCl2N2O11S2Si2. The second-order valence-corrected chi connectivity index (χ2v) is 36.3. The van der Waals surface area contributed by atoms with Crippen molar-refractivity contribution in [3.05, 3.63) is 97.5 Å². The number of esters is 1. The van der Waals surface area contributed by atoms with Crippen LogP contribution in [0.25, 0.3) is 21.3 Å². The number of hydrogen-bond acceptors (Lipinski definition) is 14. The van der Waals surface area contributed by atoms with Crippen molar-refractivity contribution in [3.63, 3.8) is 0 Å². The van der Waals surface area contributed by atoms with Gasteiger partial charge in [-0.1, -0.05) is 87.4 Å². The molecule has 0 aliphatic rings.